The lowest BCUT2D eigenvalue weighted by Crippen LogP contribution is -2.30. The van der Waals surface area contributed by atoms with Crippen molar-refractivity contribution in [1.29, 1.82) is 0 Å². The van der Waals surface area contributed by atoms with Gasteiger partial charge < -0.3 is 10.2 Å². The van der Waals surface area contributed by atoms with E-state index in [-0.39, 0.29) is 5.54 Å². The van der Waals surface area contributed by atoms with Crippen LogP contribution in [0.2, 0.25) is 0 Å². The van der Waals surface area contributed by atoms with E-state index in [1.165, 1.54) is 16.7 Å². The Morgan fingerprint density at radius 1 is 0.960 bits per heavy atom. The number of likely N-dealkylation sites (N-methyl/N-ethyl adjacent to an activating group) is 1. The van der Waals surface area contributed by atoms with Gasteiger partial charge in [-0.2, -0.15) is 0 Å². The average Bonchev–Trinajstić information content (AvgIpc) is 3.02. The molecule has 1 atom stereocenters. The van der Waals surface area contributed by atoms with Gasteiger partial charge in [-0.15, -0.1) is 0 Å². The first-order valence-electron chi connectivity index (χ1n) is 8.92. The maximum Gasteiger partial charge on any atom is 0.0572 e. The van der Waals surface area contributed by atoms with E-state index in [4.69, 9.17) is 0 Å². The maximum absolute atomic E-state index is 3.70. The summed E-state index contributed by atoms with van der Waals surface area (Å²) in [6.07, 6.45) is 6.77. The monoisotopic (exact) mass is 332 g/mol. The van der Waals surface area contributed by atoms with Crippen molar-refractivity contribution < 1.29 is 0 Å². The molecule has 0 aliphatic heterocycles. The zero-order valence-electron chi connectivity index (χ0n) is 15.7. The molecule has 0 aromatic heterocycles. The first-order valence-corrected chi connectivity index (χ1v) is 8.92. The minimum Gasteiger partial charge on any atom is -0.376 e. The summed E-state index contributed by atoms with van der Waals surface area (Å²) in [5.74, 6) is 0.357. The number of anilines is 1. The Hall–Kier alpha value is -2.32. The fourth-order valence-electron chi connectivity index (χ4n) is 3.62. The van der Waals surface area contributed by atoms with Crippen LogP contribution in [0.4, 0.5) is 5.69 Å². The van der Waals surface area contributed by atoms with Gasteiger partial charge >= 0.3 is 0 Å². The minimum absolute atomic E-state index is 0.155. The first kappa shape index (κ1) is 17.5. The fourth-order valence-corrected chi connectivity index (χ4v) is 3.62. The Balaban J connectivity index is 1.93. The van der Waals surface area contributed by atoms with Crippen molar-refractivity contribution >= 4 is 5.69 Å². The standard InChI is InChI=1S/C23H28N2/c1-23(2,24-19-12-6-5-7-13-19)22-16-9-8-14-21(22)20-15-10-11-18(20)17-25(3)4/h5-16,20,24H,17H2,1-4H3. The van der Waals surface area contributed by atoms with Crippen molar-refractivity contribution in [1.82, 2.24) is 4.90 Å². The third kappa shape index (κ3) is 4.02. The molecule has 0 saturated carbocycles. The van der Waals surface area contributed by atoms with Gasteiger partial charge in [0, 0.05) is 18.2 Å². The van der Waals surface area contributed by atoms with Gasteiger partial charge in [0.1, 0.15) is 0 Å². The van der Waals surface area contributed by atoms with Crippen LogP contribution in [0.25, 0.3) is 0 Å². The predicted molar refractivity (Wildman–Crippen MR) is 108 cm³/mol. The van der Waals surface area contributed by atoms with E-state index in [1.807, 2.05) is 6.07 Å². The van der Waals surface area contributed by atoms with E-state index >= 15 is 0 Å². The van der Waals surface area contributed by atoms with Gasteiger partial charge in [-0.3, -0.25) is 0 Å². The molecule has 2 aromatic rings. The van der Waals surface area contributed by atoms with Gasteiger partial charge in [-0.1, -0.05) is 60.7 Å². The normalized spacial score (nSPS) is 17.0. The smallest absolute Gasteiger partial charge is 0.0572 e. The highest BCUT2D eigenvalue weighted by Crippen LogP contribution is 2.37. The van der Waals surface area contributed by atoms with Crippen LogP contribution < -0.4 is 5.32 Å². The zero-order chi connectivity index (χ0) is 17.9. The number of hydrogen-bond acceptors (Lipinski definition) is 2. The van der Waals surface area contributed by atoms with Crippen LogP contribution in [-0.2, 0) is 5.54 Å². The number of nitrogens with one attached hydrogen (secondary N) is 1. The van der Waals surface area contributed by atoms with Crippen LogP contribution in [0.3, 0.4) is 0 Å². The van der Waals surface area contributed by atoms with E-state index < -0.39 is 0 Å². The summed E-state index contributed by atoms with van der Waals surface area (Å²) in [5.41, 5.74) is 5.18. The largest absolute Gasteiger partial charge is 0.376 e. The predicted octanol–water partition coefficient (Wildman–Crippen LogP) is 5.18. The Morgan fingerprint density at radius 3 is 2.36 bits per heavy atom. The van der Waals surface area contributed by atoms with Crippen molar-refractivity contribution in [3.05, 3.63) is 89.5 Å². The quantitative estimate of drug-likeness (QED) is 0.784. The molecular weight excluding hydrogens is 304 g/mol. The lowest BCUT2D eigenvalue weighted by Gasteiger charge is -2.32. The number of rotatable bonds is 6. The Morgan fingerprint density at radius 2 is 1.64 bits per heavy atom. The van der Waals surface area contributed by atoms with Gasteiger partial charge in [0.25, 0.3) is 0 Å². The highest BCUT2D eigenvalue weighted by atomic mass is 15.0. The lowest BCUT2D eigenvalue weighted by molar-refractivity contribution is 0.438. The molecule has 0 amide bonds. The van der Waals surface area contributed by atoms with Crippen molar-refractivity contribution in [3.63, 3.8) is 0 Å². The topological polar surface area (TPSA) is 15.3 Å². The highest BCUT2D eigenvalue weighted by Gasteiger charge is 2.28. The van der Waals surface area contributed by atoms with Gasteiger partial charge in [0.2, 0.25) is 0 Å². The summed E-state index contributed by atoms with van der Waals surface area (Å²) in [4.78, 5) is 2.24. The third-order valence-corrected chi connectivity index (χ3v) is 4.71. The highest BCUT2D eigenvalue weighted by molar-refractivity contribution is 5.52. The Kier molecular flexibility index (Phi) is 5.10. The molecule has 2 nitrogen and oxygen atoms in total. The molecular formula is C23H28N2. The molecule has 0 heterocycles. The molecule has 0 radical (unpaired) electrons. The Bertz CT molecular complexity index is 770. The zero-order valence-corrected chi connectivity index (χ0v) is 15.7. The molecule has 3 rings (SSSR count). The summed E-state index contributed by atoms with van der Waals surface area (Å²) in [6.45, 7) is 5.50. The summed E-state index contributed by atoms with van der Waals surface area (Å²) in [5, 5.41) is 3.70. The molecule has 25 heavy (non-hydrogen) atoms. The van der Waals surface area contributed by atoms with Gasteiger partial charge in [0.15, 0.2) is 0 Å². The molecule has 2 aromatic carbocycles. The maximum atomic E-state index is 3.70. The van der Waals surface area contributed by atoms with E-state index in [2.05, 4.69) is 105 Å². The minimum atomic E-state index is -0.155. The second kappa shape index (κ2) is 7.28. The van der Waals surface area contributed by atoms with Crippen LogP contribution in [0.5, 0.6) is 0 Å². The van der Waals surface area contributed by atoms with Crippen molar-refractivity contribution in [2.24, 2.45) is 0 Å². The lowest BCUT2D eigenvalue weighted by atomic mass is 9.82. The number of para-hydroxylation sites is 1. The van der Waals surface area contributed by atoms with Gasteiger partial charge in [-0.05, 0) is 56.8 Å². The molecule has 0 saturated heterocycles. The van der Waals surface area contributed by atoms with E-state index in [9.17, 15) is 0 Å². The molecule has 0 spiro atoms. The molecule has 1 N–H and O–H groups in total. The van der Waals surface area contributed by atoms with Gasteiger partial charge in [-0.25, -0.2) is 0 Å². The first-order chi connectivity index (χ1) is 12.0. The SMILES string of the molecule is CN(C)CC1=CC=CC1c1ccccc1C(C)(C)Nc1ccccc1. The number of benzene rings is 2. The third-order valence-electron chi connectivity index (χ3n) is 4.71. The number of hydrogen-bond donors (Lipinski definition) is 1. The average molecular weight is 332 g/mol. The number of allylic oxidation sites excluding steroid dienone is 3. The number of nitrogens with zero attached hydrogens (tertiary/aromatic N) is 1. The molecule has 1 aliphatic carbocycles. The van der Waals surface area contributed by atoms with Crippen LogP contribution in [0.15, 0.2) is 78.4 Å². The Labute approximate surface area is 151 Å². The summed E-state index contributed by atoms with van der Waals surface area (Å²) < 4.78 is 0. The summed E-state index contributed by atoms with van der Waals surface area (Å²) in [7, 11) is 4.26. The molecule has 130 valence electrons. The second-order valence-electron chi connectivity index (χ2n) is 7.55. The van der Waals surface area contributed by atoms with Gasteiger partial charge in [0.05, 0.1) is 5.54 Å². The van der Waals surface area contributed by atoms with E-state index in [0.29, 0.717) is 5.92 Å². The molecule has 2 heteroatoms. The summed E-state index contributed by atoms with van der Waals surface area (Å²) in [6, 6.07) is 19.3. The van der Waals surface area contributed by atoms with Crippen LogP contribution in [0.1, 0.15) is 30.9 Å². The summed E-state index contributed by atoms with van der Waals surface area (Å²) >= 11 is 0. The van der Waals surface area contributed by atoms with E-state index in [0.717, 1.165) is 12.2 Å². The van der Waals surface area contributed by atoms with Crippen LogP contribution in [-0.4, -0.2) is 25.5 Å². The molecule has 0 bridgehead atoms. The van der Waals surface area contributed by atoms with E-state index in [1.54, 1.807) is 0 Å². The fraction of sp³-hybridized carbons (Fsp3) is 0.304. The van der Waals surface area contributed by atoms with Crippen molar-refractivity contribution in [2.45, 2.75) is 25.3 Å². The van der Waals surface area contributed by atoms with Crippen molar-refractivity contribution in [3.8, 4) is 0 Å². The second-order valence-corrected chi connectivity index (χ2v) is 7.55. The molecule has 0 fully saturated rings. The molecule has 1 unspecified atom stereocenters. The van der Waals surface area contributed by atoms with Crippen molar-refractivity contribution in [2.75, 3.05) is 26.0 Å². The van der Waals surface area contributed by atoms with Crippen LogP contribution >= 0.6 is 0 Å². The van der Waals surface area contributed by atoms with Crippen LogP contribution in [0, 0.1) is 0 Å². The molecule has 1 aliphatic rings.